The molecule has 0 bridgehead atoms. The second kappa shape index (κ2) is 10.4. The van der Waals surface area contributed by atoms with Gasteiger partial charge in [0, 0.05) is 21.6 Å². The van der Waals surface area contributed by atoms with Crippen LogP contribution in [0.1, 0.15) is 74.1 Å². The highest BCUT2D eigenvalue weighted by molar-refractivity contribution is 7.14. The number of benzene rings is 2. The molecule has 1 saturated carbocycles. The van der Waals surface area contributed by atoms with Gasteiger partial charge < -0.3 is 9.47 Å². The van der Waals surface area contributed by atoms with E-state index in [4.69, 9.17) is 9.47 Å². The third-order valence-electron chi connectivity index (χ3n) is 7.84. The van der Waals surface area contributed by atoms with Gasteiger partial charge in [-0.1, -0.05) is 43.7 Å². The number of hydrogen-bond donors (Lipinski definition) is 0. The van der Waals surface area contributed by atoms with Gasteiger partial charge in [0.15, 0.2) is 0 Å². The van der Waals surface area contributed by atoms with E-state index in [9.17, 15) is 4.79 Å². The summed E-state index contributed by atoms with van der Waals surface area (Å²) in [5.41, 5.74) is 6.34. The highest BCUT2D eigenvalue weighted by Gasteiger charge is 2.35. The largest absolute Gasteiger partial charge is 0.489 e. The van der Waals surface area contributed by atoms with Crippen LogP contribution in [0, 0.1) is 24.1 Å². The molecule has 2 aliphatic carbocycles. The predicted molar refractivity (Wildman–Crippen MR) is 148 cm³/mol. The van der Waals surface area contributed by atoms with Crippen molar-refractivity contribution in [1.29, 1.82) is 0 Å². The maximum atomic E-state index is 15.0. The molecule has 0 amide bonds. The molecular weight excluding hydrogens is 483 g/mol. The van der Waals surface area contributed by atoms with Crippen molar-refractivity contribution in [3.63, 3.8) is 0 Å². The zero-order valence-corrected chi connectivity index (χ0v) is 22.9. The van der Waals surface area contributed by atoms with E-state index in [2.05, 4.69) is 37.4 Å². The van der Waals surface area contributed by atoms with Crippen LogP contribution in [0.25, 0.3) is 16.0 Å². The highest BCUT2D eigenvalue weighted by atomic mass is 32.1. The monoisotopic (exact) mass is 518 g/mol. The van der Waals surface area contributed by atoms with Gasteiger partial charge in [-0.25, -0.2) is 4.39 Å². The molecule has 0 saturated heterocycles. The fraction of sp³-hybridized carbons (Fsp3) is 0.406. The van der Waals surface area contributed by atoms with Crippen molar-refractivity contribution >= 4 is 22.9 Å². The van der Waals surface area contributed by atoms with Gasteiger partial charge in [0.2, 0.25) is 0 Å². The Morgan fingerprint density at radius 3 is 2.70 bits per heavy atom. The average Bonchev–Trinajstić information content (AvgIpc) is 3.55. The first-order valence-corrected chi connectivity index (χ1v) is 14.0. The summed E-state index contributed by atoms with van der Waals surface area (Å²) in [6.45, 7) is 6.95. The number of ether oxygens (including phenoxy) is 2. The Labute approximate surface area is 223 Å². The Bertz CT molecular complexity index is 1330. The number of esters is 1. The highest BCUT2D eigenvalue weighted by Crippen LogP contribution is 2.50. The molecule has 3 nitrogen and oxygen atoms in total. The second-order valence-electron chi connectivity index (χ2n) is 11.1. The number of thiophene rings is 1. The van der Waals surface area contributed by atoms with Crippen LogP contribution in [0.4, 0.5) is 4.39 Å². The molecule has 1 fully saturated rings. The molecule has 194 valence electrons. The maximum absolute atomic E-state index is 15.0. The summed E-state index contributed by atoms with van der Waals surface area (Å²) in [4.78, 5) is 13.0. The zero-order valence-electron chi connectivity index (χ0n) is 22.1. The number of allylic oxidation sites excluding steroid dienone is 2. The molecule has 0 spiro atoms. The number of halogens is 1. The van der Waals surface area contributed by atoms with Crippen molar-refractivity contribution in [2.75, 3.05) is 7.11 Å². The fourth-order valence-corrected chi connectivity index (χ4v) is 6.64. The third-order valence-corrected chi connectivity index (χ3v) is 8.90. The lowest BCUT2D eigenvalue weighted by Crippen LogP contribution is -2.11. The lowest BCUT2D eigenvalue weighted by atomic mass is 9.80. The Balaban J connectivity index is 1.45. The minimum absolute atomic E-state index is 0.0240. The van der Waals surface area contributed by atoms with E-state index in [0.29, 0.717) is 24.5 Å². The van der Waals surface area contributed by atoms with Gasteiger partial charge in [0.1, 0.15) is 18.2 Å². The quantitative estimate of drug-likeness (QED) is 0.266. The van der Waals surface area contributed by atoms with Crippen molar-refractivity contribution in [3.05, 3.63) is 82.0 Å². The summed E-state index contributed by atoms with van der Waals surface area (Å²) >= 11 is 1.59. The zero-order chi connectivity index (χ0) is 26.2. The van der Waals surface area contributed by atoms with Crippen LogP contribution in [-0.2, 0) is 16.1 Å². The lowest BCUT2D eigenvalue weighted by Gasteiger charge is -2.24. The Hall–Kier alpha value is -2.92. The summed E-state index contributed by atoms with van der Waals surface area (Å²) in [7, 11) is 1.45. The Kier molecular flexibility index (Phi) is 7.26. The molecule has 2 aromatic carbocycles. The van der Waals surface area contributed by atoms with Crippen LogP contribution in [0.15, 0.2) is 53.9 Å². The number of aryl methyl sites for hydroxylation is 1. The van der Waals surface area contributed by atoms with Crippen LogP contribution in [0.3, 0.4) is 0 Å². The minimum atomic E-state index is -0.193. The first-order valence-electron chi connectivity index (χ1n) is 13.1. The molecule has 0 aliphatic heterocycles. The maximum Gasteiger partial charge on any atom is 0.306 e. The normalized spacial score (nSPS) is 17.4. The summed E-state index contributed by atoms with van der Waals surface area (Å²) in [5, 5.41) is 2.12. The molecule has 0 N–H and O–H groups in total. The topological polar surface area (TPSA) is 35.5 Å². The van der Waals surface area contributed by atoms with Crippen molar-refractivity contribution in [2.45, 2.75) is 65.4 Å². The van der Waals surface area contributed by atoms with E-state index in [-0.39, 0.29) is 23.1 Å². The summed E-state index contributed by atoms with van der Waals surface area (Å²) in [5.74, 6) is 1.11. The van der Waals surface area contributed by atoms with Gasteiger partial charge in [0.05, 0.1) is 13.5 Å². The van der Waals surface area contributed by atoms with E-state index in [1.54, 1.807) is 17.4 Å². The van der Waals surface area contributed by atoms with Gasteiger partial charge >= 0.3 is 5.97 Å². The molecule has 5 heteroatoms. The summed E-state index contributed by atoms with van der Waals surface area (Å²) < 4.78 is 26.3. The molecule has 0 unspecified atom stereocenters. The lowest BCUT2D eigenvalue weighted by molar-refractivity contribution is -0.141. The van der Waals surface area contributed by atoms with Crippen LogP contribution >= 0.6 is 11.3 Å². The van der Waals surface area contributed by atoms with E-state index < -0.39 is 0 Å². The molecule has 1 aromatic heterocycles. The van der Waals surface area contributed by atoms with E-state index in [1.165, 1.54) is 12.7 Å². The SMILES string of the molecule is COC(=O)C[C@H](c1cccc(OCc2csc(-c3cc(C)ccc3F)c2C2=CCCC2(C)C)c1)C1CC1. The summed E-state index contributed by atoms with van der Waals surface area (Å²) in [6.07, 6.45) is 7.12. The Morgan fingerprint density at radius 2 is 2.00 bits per heavy atom. The number of rotatable bonds is 9. The number of carbonyl (C=O) groups excluding carboxylic acids is 1. The van der Waals surface area contributed by atoms with Gasteiger partial charge in [-0.2, -0.15) is 0 Å². The van der Waals surface area contributed by atoms with Crippen molar-refractivity contribution in [1.82, 2.24) is 0 Å². The molecule has 0 radical (unpaired) electrons. The smallest absolute Gasteiger partial charge is 0.306 e. The average molecular weight is 519 g/mol. The summed E-state index contributed by atoms with van der Waals surface area (Å²) in [6, 6.07) is 13.4. The number of hydrogen-bond acceptors (Lipinski definition) is 4. The number of carbonyl (C=O) groups is 1. The molecule has 5 rings (SSSR count). The van der Waals surface area contributed by atoms with Crippen LogP contribution in [0.5, 0.6) is 5.75 Å². The van der Waals surface area contributed by atoms with E-state index in [1.807, 2.05) is 31.2 Å². The van der Waals surface area contributed by atoms with Crippen LogP contribution < -0.4 is 4.74 Å². The van der Waals surface area contributed by atoms with Crippen molar-refractivity contribution in [3.8, 4) is 16.2 Å². The van der Waals surface area contributed by atoms with Crippen LogP contribution in [0.2, 0.25) is 0 Å². The molecule has 37 heavy (non-hydrogen) atoms. The second-order valence-corrected chi connectivity index (χ2v) is 12.0. The fourth-order valence-electron chi connectivity index (χ4n) is 5.55. The van der Waals surface area contributed by atoms with Gasteiger partial charge in [-0.3, -0.25) is 4.79 Å². The first-order chi connectivity index (χ1) is 17.8. The van der Waals surface area contributed by atoms with Gasteiger partial charge in [-0.15, -0.1) is 11.3 Å². The molecule has 1 atom stereocenters. The minimum Gasteiger partial charge on any atom is -0.489 e. The van der Waals surface area contributed by atoms with Crippen molar-refractivity contribution < 1.29 is 18.7 Å². The number of methoxy groups -OCH3 is 1. The van der Waals surface area contributed by atoms with Crippen LogP contribution in [-0.4, -0.2) is 13.1 Å². The molecular formula is C32H35FO3S. The van der Waals surface area contributed by atoms with Gasteiger partial charge in [-0.05, 0) is 90.6 Å². The van der Waals surface area contributed by atoms with E-state index in [0.717, 1.165) is 58.6 Å². The predicted octanol–water partition coefficient (Wildman–Crippen LogP) is 8.70. The molecule has 3 aromatic rings. The van der Waals surface area contributed by atoms with Gasteiger partial charge in [0.25, 0.3) is 0 Å². The standard InChI is InChI=1S/C32H35FO3S/c1-20-10-13-28(33)26(15-20)31-30(27-9-6-14-32(27,2)3)23(19-37-31)18-36-24-8-5-7-22(16-24)25(21-11-12-21)17-29(34)35-4/h5,7-10,13,15-16,19,21,25H,6,11-12,14,17-18H2,1-4H3/t25-/m0/s1. The third kappa shape index (κ3) is 5.52. The van der Waals surface area contributed by atoms with E-state index >= 15 is 4.39 Å². The Morgan fingerprint density at radius 1 is 1.19 bits per heavy atom. The molecule has 1 heterocycles. The van der Waals surface area contributed by atoms with Crippen molar-refractivity contribution in [2.24, 2.45) is 11.3 Å². The first kappa shape index (κ1) is 25.7. The molecule has 2 aliphatic rings.